The van der Waals surface area contributed by atoms with Crippen LogP contribution < -0.4 is 10.2 Å². The number of carbonyl (C=O) groups excluding carboxylic acids is 2. The zero-order valence-corrected chi connectivity index (χ0v) is 8.72. The molecule has 0 amide bonds. The van der Waals surface area contributed by atoms with E-state index in [9.17, 15) is 24.6 Å². The third-order valence-electron chi connectivity index (χ3n) is 1.35. The molecule has 0 fully saturated rings. The van der Waals surface area contributed by atoms with Crippen LogP contribution in [0.1, 0.15) is 6.42 Å². The topological polar surface area (TPSA) is 121 Å². The van der Waals surface area contributed by atoms with Gasteiger partial charge < -0.3 is 24.9 Å². The molecule has 0 atom stereocenters. The second-order valence-corrected chi connectivity index (χ2v) is 2.60. The SMILES string of the molecule is O=C([O-])CN(CCC(=O)O)CC(=O)[O-].[Fe+2]. The van der Waals surface area contributed by atoms with E-state index < -0.39 is 31.0 Å². The summed E-state index contributed by atoms with van der Waals surface area (Å²) in [5, 5.41) is 28.5. The molecule has 0 aliphatic carbocycles. The Hall–Kier alpha value is -1.11. The van der Waals surface area contributed by atoms with Gasteiger partial charge in [-0.25, -0.2) is 0 Å². The Labute approximate surface area is 96.2 Å². The van der Waals surface area contributed by atoms with Crippen LogP contribution in [0.5, 0.6) is 0 Å². The summed E-state index contributed by atoms with van der Waals surface area (Å²) >= 11 is 0. The molecule has 0 saturated heterocycles. The normalized spacial score (nSPS) is 9.40. The van der Waals surface area contributed by atoms with Crippen molar-refractivity contribution in [2.75, 3.05) is 19.6 Å². The number of carbonyl (C=O) groups is 3. The summed E-state index contributed by atoms with van der Waals surface area (Å²) in [4.78, 5) is 31.3. The van der Waals surface area contributed by atoms with E-state index in [-0.39, 0.29) is 30.0 Å². The summed E-state index contributed by atoms with van der Waals surface area (Å²) < 4.78 is 0. The number of rotatable bonds is 7. The van der Waals surface area contributed by atoms with E-state index in [0.29, 0.717) is 0 Å². The van der Waals surface area contributed by atoms with Gasteiger partial charge in [-0.1, -0.05) is 0 Å². The predicted molar refractivity (Wildman–Crippen MR) is 38.7 cm³/mol. The molecule has 0 aliphatic heterocycles. The Bertz CT molecular complexity index is 228. The minimum Gasteiger partial charge on any atom is -0.549 e. The maximum absolute atomic E-state index is 10.1. The number of aliphatic carboxylic acids is 3. The fraction of sp³-hybridized carbons (Fsp3) is 0.571. The van der Waals surface area contributed by atoms with E-state index in [0.717, 1.165) is 4.90 Å². The summed E-state index contributed by atoms with van der Waals surface area (Å²) in [6.07, 6.45) is -0.333. The summed E-state index contributed by atoms with van der Waals surface area (Å²) in [5.41, 5.74) is 0. The van der Waals surface area contributed by atoms with Gasteiger partial charge in [0.05, 0.1) is 18.4 Å². The second kappa shape index (κ2) is 8.22. The van der Waals surface area contributed by atoms with E-state index in [1.807, 2.05) is 0 Å². The first-order chi connectivity index (χ1) is 6.41. The number of nitrogens with zero attached hydrogens (tertiary/aromatic N) is 1. The van der Waals surface area contributed by atoms with Crippen LogP contribution in [0, 0.1) is 0 Å². The van der Waals surface area contributed by atoms with E-state index in [1.54, 1.807) is 0 Å². The molecule has 7 nitrogen and oxygen atoms in total. The van der Waals surface area contributed by atoms with Crippen molar-refractivity contribution in [1.29, 1.82) is 0 Å². The molecule has 0 rings (SSSR count). The van der Waals surface area contributed by atoms with Crippen LogP contribution in [0.25, 0.3) is 0 Å². The van der Waals surface area contributed by atoms with Gasteiger partial charge in [0.25, 0.3) is 0 Å². The number of hydrogen-bond donors (Lipinski definition) is 1. The molecule has 0 unspecified atom stereocenters. The minimum absolute atomic E-state index is 0. The zero-order valence-electron chi connectivity index (χ0n) is 7.62. The zero-order chi connectivity index (χ0) is 11.1. The molecule has 0 aromatic carbocycles. The molecule has 0 spiro atoms. The molecule has 1 N–H and O–H groups in total. The second-order valence-electron chi connectivity index (χ2n) is 2.60. The molecule has 0 bridgehead atoms. The molecule has 0 aromatic rings. The number of carboxylic acid groups (broad SMARTS) is 3. The molecule has 15 heavy (non-hydrogen) atoms. The van der Waals surface area contributed by atoms with Crippen LogP contribution in [0.4, 0.5) is 0 Å². The van der Waals surface area contributed by atoms with Crippen molar-refractivity contribution in [3.8, 4) is 0 Å². The maximum Gasteiger partial charge on any atom is 2.00 e. The first-order valence-corrected chi connectivity index (χ1v) is 3.75. The predicted octanol–water partition coefficient (Wildman–Crippen LogP) is -3.74. The summed E-state index contributed by atoms with van der Waals surface area (Å²) in [6, 6.07) is 0. The van der Waals surface area contributed by atoms with Crippen LogP contribution >= 0.6 is 0 Å². The Morgan fingerprint density at radius 2 is 1.47 bits per heavy atom. The summed E-state index contributed by atoms with van der Waals surface area (Å²) in [6.45, 7) is -1.42. The van der Waals surface area contributed by atoms with E-state index in [1.165, 1.54) is 0 Å². The maximum atomic E-state index is 10.1. The van der Waals surface area contributed by atoms with Crippen LogP contribution in [0.15, 0.2) is 0 Å². The Morgan fingerprint density at radius 1 is 1.07 bits per heavy atom. The van der Waals surface area contributed by atoms with E-state index in [2.05, 4.69) is 0 Å². The minimum atomic E-state index is -1.46. The third-order valence-corrected chi connectivity index (χ3v) is 1.35. The molecule has 86 valence electrons. The first-order valence-electron chi connectivity index (χ1n) is 3.75. The standard InChI is InChI=1S/C7H11NO6.Fe/c9-5(10)1-2-8(3-6(11)12)4-7(13)14;/h1-4H2,(H,9,10)(H,11,12)(H,13,14);/q;+2/p-2. The van der Waals surface area contributed by atoms with Crippen LogP contribution in [-0.2, 0) is 31.5 Å². The average Bonchev–Trinajstić information content (AvgIpc) is 1.97. The van der Waals surface area contributed by atoms with Crippen molar-refractivity contribution in [1.82, 2.24) is 4.90 Å². The molecule has 0 aliphatic rings. The van der Waals surface area contributed by atoms with Gasteiger partial charge in [-0.05, 0) is 0 Å². The Morgan fingerprint density at radius 3 is 1.73 bits per heavy atom. The van der Waals surface area contributed by atoms with Gasteiger partial charge in [-0.15, -0.1) is 0 Å². The average molecular weight is 259 g/mol. The van der Waals surface area contributed by atoms with Crippen LogP contribution in [-0.4, -0.2) is 47.5 Å². The summed E-state index contributed by atoms with van der Waals surface area (Å²) in [5.74, 6) is -4.06. The van der Waals surface area contributed by atoms with Crippen molar-refractivity contribution in [2.24, 2.45) is 0 Å². The molecule has 0 heterocycles. The van der Waals surface area contributed by atoms with Crippen molar-refractivity contribution < 1.29 is 46.8 Å². The molecular weight excluding hydrogens is 250 g/mol. The fourth-order valence-corrected chi connectivity index (χ4v) is 0.833. The quantitative estimate of drug-likeness (QED) is 0.466. The first kappa shape index (κ1) is 16.3. The van der Waals surface area contributed by atoms with Crippen molar-refractivity contribution in [2.45, 2.75) is 6.42 Å². The van der Waals surface area contributed by atoms with Gasteiger partial charge in [0.1, 0.15) is 0 Å². The molecular formula is C7H9FeNO6. The number of carboxylic acids is 3. The van der Waals surface area contributed by atoms with Gasteiger partial charge in [0, 0.05) is 19.6 Å². The molecule has 8 heteroatoms. The molecule has 0 aromatic heterocycles. The van der Waals surface area contributed by atoms with Crippen molar-refractivity contribution >= 4 is 17.9 Å². The van der Waals surface area contributed by atoms with Crippen molar-refractivity contribution in [3.05, 3.63) is 0 Å². The van der Waals surface area contributed by atoms with Crippen molar-refractivity contribution in [3.63, 3.8) is 0 Å². The Balaban J connectivity index is 0. The fourth-order valence-electron chi connectivity index (χ4n) is 0.833. The monoisotopic (exact) mass is 259 g/mol. The smallest absolute Gasteiger partial charge is 0.549 e. The van der Waals surface area contributed by atoms with Crippen LogP contribution in [0.2, 0.25) is 0 Å². The van der Waals surface area contributed by atoms with E-state index >= 15 is 0 Å². The van der Waals surface area contributed by atoms with Gasteiger partial charge >= 0.3 is 23.0 Å². The number of hydrogen-bond acceptors (Lipinski definition) is 6. The van der Waals surface area contributed by atoms with Gasteiger partial charge in [-0.3, -0.25) is 9.69 Å². The third kappa shape index (κ3) is 10.8. The van der Waals surface area contributed by atoms with Gasteiger partial charge in [0.15, 0.2) is 0 Å². The largest absolute Gasteiger partial charge is 2.00 e. The van der Waals surface area contributed by atoms with E-state index in [4.69, 9.17) is 5.11 Å². The van der Waals surface area contributed by atoms with Gasteiger partial charge in [0.2, 0.25) is 0 Å². The molecule has 0 saturated carbocycles. The van der Waals surface area contributed by atoms with Crippen LogP contribution in [0.3, 0.4) is 0 Å². The molecule has 0 radical (unpaired) electrons. The Kier molecular flexibility index (Phi) is 8.94. The summed E-state index contributed by atoms with van der Waals surface area (Å²) in [7, 11) is 0. The van der Waals surface area contributed by atoms with Gasteiger partial charge in [-0.2, -0.15) is 0 Å².